The molecule has 0 bridgehead atoms. The molecule has 3 N–H and O–H groups in total. The van der Waals surface area contributed by atoms with Crippen LogP contribution in [0.1, 0.15) is 30.4 Å². The molecule has 0 aliphatic heterocycles. The number of hydrogen-bond acceptors (Lipinski definition) is 2. The fourth-order valence-electron chi connectivity index (χ4n) is 3.63. The highest BCUT2D eigenvalue weighted by Gasteiger charge is 2.33. The van der Waals surface area contributed by atoms with Crippen molar-refractivity contribution in [1.82, 2.24) is 5.32 Å². The Morgan fingerprint density at radius 3 is 2.53 bits per heavy atom. The second-order valence-corrected chi connectivity index (χ2v) is 5.92. The predicted molar refractivity (Wildman–Crippen MR) is 75.7 cm³/mol. The minimum Gasteiger partial charge on any atom is -0.352 e. The third-order valence-electron chi connectivity index (χ3n) is 4.70. The quantitative estimate of drug-likeness (QED) is 0.866. The van der Waals surface area contributed by atoms with Crippen LogP contribution in [-0.2, 0) is 17.6 Å². The predicted octanol–water partition coefficient (Wildman–Crippen LogP) is 1.64. The molecule has 1 saturated carbocycles. The molecule has 1 aromatic rings. The molecule has 1 fully saturated rings. The van der Waals surface area contributed by atoms with E-state index < -0.39 is 0 Å². The van der Waals surface area contributed by atoms with Crippen LogP contribution in [0, 0.1) is 11.8 Å². The minimum absolute atomic E-state index is 0.147. The van der Waals surface area contributed by atoms with Crippen LogP contribution in [0.4, 0.5) is 0 Å². The molecule has 3 nitrogen and oxygen atoms in total. The van der Waals surface area contributed by atoms with Gasteiger partial charge in [-0.25, -0.2) is 0 Å². The van der Waals surface area contributed by atoms with Gasteiger partial charge in [-0.2, -0.15) is 0 Å². The van der Waals surface area contributed by atoms with Crippen LogP contribution in [0.2, 0.25) is 0 Å². The number of hydrogen-bond donors (Lipinski definition) is 2. The van der Waals surface area contributed by atoms with E-state index in [0.717, 1.165) is 32.1 Å². The van der Waals surface area contributed by atoms with Crippen molar-refractivity contribution in [3.05, 3.63) is 35.4 Å². The van der Waals surface area contributed by atoms with E-state index in [1.807, 2.05) is 0 Å². The van der Waals surface area contributed by atoms with Crippen molar-refractivity contribution in [3.8, 4) is 0 Å². The molecule has 2 aliphatic rings. The van der Waals surface area contributed by atoms with Gasteiger partial charge in [0.1, 0.15) is 0 Å². The Bertz CT molecular complexity index is 447. The van der Waals surface area contributed by atoms with Crippen LogP contribution in [-0.4, -0.2) is 18.5 Å². The summed E-state index contributed by atoms with van der Waals surface area (Å²) >= 11 is 0. The highest BCUT2D eigenvalue weighted by Crippen LogP contribution is 2.31. The molecule has 2 aliphatic carbocycles. The van der Waals surface area contributed by atoms with Crippen molar-refractivity contribution in [2.45, 2.75) is 38.1 Å². The van der Waals surface area contributed by atoms with Gasteiger partial charge in [0.25, 0.3) is 0 Å². The van der Waals surface area contributed by atoms with Crippen LogP contribution in [0.5, 0.6) is 0 Å². The van der Waals surface area contributed by atoms with Crippen molar-refractivity contribution >= 4 is 5.91 Å². The molecule has 0 heterocycles. The molecule has 2 unspecified atom stereocenters. The lowest BCUT2D eigenvalue weighted by Gasteiger charge is -2.20. The van der Waals surface area contributed by atoms with Crippen molar-refractivity contribution < 1.29 is 4.79 Å². The topological polar surface area (TPSA) is 55.1 Å². The average Bonchev–Trinajstić information content (AvgIpc) is 3.03. The summed E-state index contributed by atoms with van der Waals surface area (Å²) in [5.74, 6) is 0.767. The van der Waals surface area contributed by atoms with E-state index in [2.05, 4.69) is 29.6 Å². The van der Waals surface area contributed by atoms with Crippen molar-refractivity contribution in [1.29, 1.82) is 0 Å². The fourth-order valence-corrected chi connectivity index (χ4v) is 3.63. The van der Waals surface area contributed by atoms with Gasteiger partial charge in [-0.05, 0) is 49.3 Å². The Labute approximate surface area is 114 Å². The van der Waals surface area contributed by atoms with Gasteiger partial charge in [0.15, 0.2) is 0 Å². The maximum Gasteiger partial charge on any atom is 0.223 e. The van der Waals surface area contributed by atoms with Crippen LogP contribution < -0.4 is 11.1 Å². The smallest absolute Gasteiger partial charge is 0.223 e. The van der Waals surface area contributed by atoms with Gasteiger partial charge < -0.3 is 11.1 Å². The first-order chi connectivity index (χ1) is 9.28. The standard InChI is InChI=1S/C16H22N2O/c17-10-13-6-3-7-15(13)16(19)18-14-8-11-4-1-2-5-12(11)9-14/h1-2,4-5,13-15H,3,6-10,17H2,(H,18,19). The van der Waals surface area contributed by atoms with Crippen LogP contribution in [0.3, 0.4) is 0 Å². The summed E-state index contributed by atoms with van der Waals surface area (Å²) < 4.78 is 0. The van der Waals surface area contributed by atoms with Crippen LogP contribution in [0.15, 0.2) is 24.3 Å². The van der Waals surface area contributed by atoms with E-state index in [1.54, 1.807) is 0 Å². The molecule has 0 spiro atoms. The molecule has 2 atom stereocenters. The first kappa shape index (κ1) is 12.7. The Hall–Kier alpha value is -1.35. The summed E-state index contributed by atoms with van der Waals surface area (Å²) in [6.45, 7) is 0.642. The zero-order chi connectivity index (χ0) is 13.2. The molecular weight excluding hydrogens is 236 g/mol. The maximum absolute atomic E-state index is 12.4. The number of benzene rings is 1. The number of rotatable bonds is 3. The number of carbonyl (C=O) groups excluding carboxylic acids is 1. The number of fused-ring (bicyclic) bond motifs is 1. The highest BCUT2D eigenvalue weighted by atomic mass is 16.2. The van der Waals surface area contributed by atoms with Crippen molar-refractivity contribution in [2.24, 2.45) is 17.6 Å². The van der Waals surface area contributed by atoms with E-state index in [4.69, 9.17) is 5.73 Å². The largest absolute Gasteiger partial charge is 0.352 e. The third kappa shape index (κ3) is 2.52. The zero-order valence-corrected chi connectivity index (χ0v) is 11.3. The highest BCUT2D eigenvalue weighted by molar-refractivity contribution is 5.79. The Balaban J connectivity index is 1.60. The molecule has 0 saturated heterocycles. The fraction of sp³-hybridized carbons (Fsp3) is 0.562. The van der Waals surface area contributed by atoms with Gasteiger partial charge in [0.2, 0.25) is 5.91 Å². The normalized spacial score (nSPS) is 26.4. The molecule has 3 rings (SSSR count). The molecule has 3 heteroatoms. The molecular formula is C16H22N2O. The van der Waals surface area contributed by atoms with Crippen LogP contribution in [0.25, 0.3) is 0 Å². The molecule has 1 amide bonds. The third-order valence-corrected chi connectivity index (χ3v) is 4.70. The summed E-state index contributed by atoms with van der Waals surface area (Å²) in [5.41, 5.74) is 8.53. The van der Waals surface area contributed by atoms with Gasteiger partial charge in [0, 0.05) is 12.0 Å². The van der Waals surface area contributed by atoms with Gasteiger partial charge >= 0.3 is 0 Å². The Morgan fingerprint density at radius 1 is 1.21 bits per heavy atom. The van der Waals surface area contributed by atoms with Gasteiger partial charge in [-0.3, -0.25) is 4.79 Å². The van der Waals surface area contributed by atoms with E-state index in [9.17, 15) is 4.79 Å². The summed E-state index contributed by atoms with van der Waals surface area (Å²) in [7, 11) is 0. The monoisotopic (exact) mass is 258 g/mol. The van der Waals surface area contributed by atoms with E-state index in [1.165, 1.54) is 11.1 Å². The summed E-state index contributed by atoms with van der Waals surface area (Å²) in [5, 5.41) is 3.24. The summed E-state index contributed by atoms with van der Waals surface area (Å²) in [6, 6.07) is 8.76. The molecule has 102 valence electrons. The lowest BCUT2D eigenvalue weighted by atomic mass is 9.95. The van der Waals surface area contributed by atoms with Gasteiger partial charge in [0.05, 0.1) is 0 Å². The number of carbonyl (C=O) groups is 1. The van der Waals surface area contributed by atoms with E-state index in [-0.39, 0.29) is 17.9 Å². The lowest BCUT2D eigenvalue weighted by Crippen LogP contribution is -2.41. The number of nitrogens with two attached hydrogens (primary N) is 1. The minimum atomic E-state index is 0.147. The second kappa shape index (κ2) is 5.33. The van der Waals surface area contributed by atoms with E-state index >= 15 is 0 Å². The Kier molecular flexibility index (Phi) is 3.56. The van der Waals surface area contributed by atoms with Gasteiger partial charge in [-0.15, -0.1) is 0 Å². The zero-order valence-electron chi connectivity index (χ0n) is 11.3. The average molecular weight is 258 g/mol. The van der Waals surface area contributed by atoms with Crippen LogP contribution >= 0.6 is 0 Å². The first-order valence-corrected chi connectivity index (χ1v) is 7.35. The molecule has 1 aromatic carbocycles. The van der Waals surface area contributed by atoms with Gasteiger partial charge in [-0.1, -0.05) is 30.7 Å². The summed E-state index contributed by atoms with van der Waals surface area (Å²) in [4.78, 5) is 12.4. The number of amides is 1. The Morgan fingerprint density at radius 2 is 1.89 bits per heavy atom. The number of nitrogens with one attached hydrogen (secondary N) is 1. The van der Waals surface area contributed by atoms with E-state index in [0.29, 0.717) is 12.5 Å². The second-order valence-electron chi connectivity index (χ2n) is 5.92. The summed E-state index contributed by atoms with van der Waals surface area (Å²) in [6.07, 6.45) is 5.21. The molecule has 19 heavy (non-hydrogen) atoms. The SMILES string of the molecule is NCC1CCCC1C(=O)NC1Cc2ccccc2C1. The van der Waals surface area contributed by atoms with Crippen molar-refractivity contribution in [2.75, 3.05) is 6.54 Å². The molecule has 0 radical (unpaired) electrons. The van der Waals surface area contributed by atoms with Crippen molar-refractivity contribution in [3.63, 3.8) is 0 Å². The lowest BCUT2D eigenvalue weighted by molar-refractivity contribution is -0.126. The molecule has 0 aromatic heterocycles. The maximum atomic E-state index is 12.4. The first-order valence-electron chi connectivity index (χ1n) is 7.35.